The van der Waals surface area contributed by atoms with E-state index in [4.69, 9.17) is 10.7 Å². The van der Waals surface area contributed by atoms with Crippen LogP contribution in [0.5, 0.6) is 0 Å². The zero-order valence-corrected chi connectivity index (χ0v) is 19.9. The minimum Gasteiger partial charge on any atom is -0.366 e. The van der Waals surface area contributed by atoms with Crippen molar-refractivity contribution >= 4 is 22.9 Å². The number of thiophene rings is 1. The monoisotopic (exact) mass is 512 g/mol. The van der Waals surface area contributed by atoms with E-state index in [-0.39, 0.29) is 16.9 Å². The molecule has 13 heteroatoms. The van der Waals surface area contributed by atoms with E-state index in [0.29, 0.717) is 29.3 Å². The van der Waals surface area contributed by atoms with Gasteiger partial charge in [0.1, 0.15) is 11.5 Å². The van der Waals surface area contributed by atoms with Crippen molar-refractivity contribution in [2.75, 3.05) is 0 Å². The lowest BCUT2D eigenvalue weighted by atomic mass is 10.1. The molecule has 36 heavy (non-hydrogen) atoms. The molecule has 0 aliphatic heterocycles. The number of alkyl halides is 3. The van der Waals surface area contributed by atoms with Crippen molar-refractivity contribution in [3.05, 3.63) is 76.2 Å². The van der Waals surface area contributed by atoms with Crippen molar-refractivity contribution in [3.63, 3.8) is 0 Å². The molecular formula is C23H19F3N8OS. The van der Waals surface area contributed by atoms with Crippen LogP contribution in [0.25, 0.3) is 21.9 Å². The molecule has 0 aromatic carbocycles. The van der Waals surface area contributed by atoms with Crippen LogP contribution in [0.3, 0.4) is 0 Å². The molecule has 5 aromatic heterocycles. The summed E-state index contributed by atoms with van der Waals surface area (Å²) in [5, 5.41) is 7.55. The van der Waals surface area contributed by atoms with Gasteiger partial charge in [-0.25, -0.2) is 19.6 Å². The van der Waals surface area contributed by atoms with Gasteiger partial charge in [0.15, 0.2) is 5.65 Å². The lowest BCUT2D eigenvalue weighted by Crippen LogP contribution is -2.17. The molecule has 0 aliphatic rings. The second-order valence-electron chi connectivity index (χ2n) is 8.23. The number of aromatic nitrogens is 7. The van der Waals surface area contributed by atoms with Gasteiger partial charge in [-0.2, -0.15) is 13.2 Å². The molecule has 0 aliphatic carbocycles. The molecule has 0 spiro atoms. The van der Waals surface area contributed by atoms with Crippen LogP contribution in [-0.4, -0.2) is 46.4 Å². The van der Waals surface area contributed by atoms with Gasteiger partial charge in [-0.15, -0.1) is 16.4 Å². The molecule has 1 amide bonds. The summed E-state index contributed by atoms with van der Waals surface area (Å²) in [6.07, 6.45) is 0.591. The van der Waals surface area contributed by atoms with Crippen LogP contribution in [0.4, 0.5) is 13.2 Å². The molecule has 0 fully saturated rings. The molecular weight excluding hydrogens is 493 g/mol. The molecule has 5 aromatic rings. The number of nitrogens with two attached hydrogens (primary N) is 1. The van der Waals surface area contributed by atoms with Gasteiger partial charge >= 0.3 is 6.18 Å². The predicted octanol–water partition coefficient (Wildman–Crippen LogP) is 3.84. The fourth-order valence-electron chi connectivity index (χ4n) is 3.90. The number of amides is 1. The maximum absolute atomic E-state index is 13.2. The molecule has 0 saturated carbocycles. The number of nitrogens with zero attached hydrogens (tertiary/aromatic N) is 7. The zero-order valence-electron chi connectivity index (χ0n) is 19.1. The van der Waals surface area contributed by atoms with Crippen molar-refractivity contribution in [2.45, 2.75) is 32.9 Å². The van der Waals surface area contributed by atoms with Crippen LogP contribution >= 0.6 is 11.3 Å². The van der Waals surface area contributed by atoms with Gasteiger partial charge in [-0.3, -0.25) is 9.20 Å². The summed E-state index contributed by atoms with van der Waals surface area (Å²) in [5.74, 6) is -0.120. The number of primary amides is 1. The second-order valence-corrected chi connectivity index (χ2v) is 9.52. The summed E-state index contributed by atoms with van der Waals surface area (Å²) in [6.45, 7) is 3.74. The van der Waals surface area contributed by atoms with Crippen LogP contribution in [-0.2, 0) is 12.8 Å². The maximum atomic E-state index is 13.2. The van der Waals surface area contributed by atoms with Crippen LogP contribution in [0, 0.1) is 13.8 Å². The molecule has 0 unspecified atom stereocenters. The molecule has 5 heterocycles. The largest absolute Gasteiger partial charge is 0.394 e. The first-order chi connectivity index (χ1) is 17.1. The number of pyridine rings is 1. The van der Waals surface area contributed by atoms with Gasteiger partial charge in [0.05, 0.1) is 40.1 Å². The summed E-state index contributed by atoms with van der Waals surface area (Å²) in [6, 6.07) is 5.26. The van der Waals surface area contributed by atoms with E-state index in [1.54, 1.807) is 23.7 Å². The minimum atomic E-state index is -4.48. The van der Waals surface area contributed by atoms with Gasteiger partial charge in [0.2, 0.25) is 5.91 Å². The topological polar surface area (TPSA) is 117 Å². The lowest BCUT2D eigenvalue weighted by Gasteiger charge is -2.11. The van der Waals surface area contributed by atoms with E-state index < -0.39 is 18.5 Å². The molecule has 0 radical (unpaired) electrons. The summed E-state index contributed by atoms with van der Waals surface area (Å²) < 4.78 is 42.4. The number of carbonyl (C=O) groups excluding carboxylic acids is 1. The van der Waals surface area contributed by atoms with E-state index >= 15 is 0 Å². The van der Waals surface area contributed by atoms with Gasteiger partial charge in [-0.1, -0.05) is 5.21 Å². The fraction of sp³-hybridized carbons (Fsp3) is 0.217. The Bertz CT molecular complexity index is 1580. The number of carbonyl (C=O) groups is 1. The maximum Gasteiger partial charge on any atom is 0.394 e. The van der Waals surface area contributed by atoms with Crippen molar-refractivity contribution in [1.29, 1.82) is 0 Å². The quantitative estimate of drug-likeness (QED) is 0.369. The third-order valence-corrected chi connectivity index (χ3v) is 6.47. The molecule has 184 valence electrons. The van der Waals surface area contributed by atoms with Crippen LogP contribution in [0.2, 0.25) is 0 Å². The van der Waals surface area contributed by atoms with Crippen molar-refractivity contribution in [3.8, 4) is 16.3 Å². The Labute approximate surface area is 206 Å². The Hall–Kier alpha value is -4.13. The Balaban J connectivity index is 1.78. The summed E-state index contributed by atoms with van der Waals surface area (Å²) in [4.78, 5) is 27.4. The number of hydrogen-bond donors (Lipinski definition) is 1. The third-order valence-electron chi connectivity index (χ3n) is 5.47. The highest BCUT2D eigenvalue weighted by atomic mass is 32.1. The van der Waals surface area contributed by atoms with Crippen LogP contribution in [0.15, 0.2) is 43.0 Å². The van der Waals surface area contributed by atoms with E-state index in [0.717, 1.165) is 26.2 Å². The molecule has 5 rings (SSSR count). The SMILES string of the molecule is Cc1ncc(Cc2nc3c(-n4nncc4CC(F)(F)F)cc(C(N)=O)cn3c2-c2ccc(C)s2)cn1. The highest BCUT2D eigenvalue weighted by Gasteiger charge is 2.31. The number of imidazole rings is 1. The Morgan fingerprint density at radius 3 is 2.53 bits per heavy atom. The lowest BCUT2D eigenvalue weighted by molar-refractivity contribution is -0.128. The molecule has 9 nitrogen and oxygen atoms in total. The third kappa shape index (κ3) is 4.56. The van der Waals surface area contributed by atoms with Gasteiger partial charge in [0, 0.05) is 29.9 Å². The normalized spacial score (nSPS) is 11.9. The van der Waals surface area contributed by atoms with Crippen molar-refractivity contribution in [2.24, 2.45) is 5.73 Å². The number of aryl methyl sites for hydroxylation is 2. The standard InChI is InChI=1S/C23H19F3N8OS/c1-12-3-4-19(36-12)20-17(5-14-8-28-13(2)29-9-14)31-22-18(6-15(21(27)35)11-33(20)22)34-16(10-30-32-34)7-23(24,25)26/h3-4,6,8-11H,5,7H2,1-2H3,(H2,27,35). The van der Waals surface area contributed by atoms with E-state index in [2.05, 4.69) is 20.3 Å². The number of hydrogen-bond acceptors (Lipinski definition) is 7. The molecule has 0 atom stereocenters. The predicted molar refractivity (Wildman–Crippen MR) is 126 cm³/mol. The number of rotatable bonds is 6. The minimum absolute atomic E-state index is 0.0862. The molecule has 0 bridgehead atoms. The van der Waals surface area contributed by atoms with E-state index in [9.17, 15) is 18.0 Å². The average Bonchev–Trinajstić information content (AvgIpc) is 3.51. The van der Waals surface area contributed by atoms with Crippen LogP contribution < -0.4 is 5.73 Å². The number of halogens is 3. The highest BCUT2D eigenvalue weighted by Crippen LogP contribution is 2.35. The van der Waals surface area contributed by atoms with Crippen molar-refractivity contribution in [1.82, 2.24) is 34.3 Å². The fourth-order valence-corrected chi connectivity index (χ4v) is 4.83. The Morgan fingerprint density at radius 1 is 1.14 bits per heavy atom. The Morgan fingerprint density at radius 2 is 1.89 bits per heavy atom. The Kier molecular flexibility index (Phi) is 5.79. The van der Waals surface area contributed by atoms with Gasteiger partial charge in [0.25, 0.3) is 0 Å². The van der Waals surface area contributed by atoms with Crippen molar-refractivity contribution < 1.29 is 18.0 Å². The highest BCUT2D eigenvalue weighted by molar-refractivity contribution is 7.15. The number of fused-ring (bicyclic) bond motifs is 1. The first-order valence-electron chi connectivity index (χ1n) is 10.7. The first-order valence-corrected chi connectivity index (χ1v) is 11.6. The molecule has 0 saturated heterocycles. The first kappa shape index (κ1) is 23.6. The second kappa shape index (κ2) is 8.82. The van der Waals surface area contributed by atoms with Gasteiger partial charge in [-0.05, 0) is 37.6 Å². The average molecular weight is 513 g/mol. The van der Waals surface area contributed by atoms with E-state index in [1.165, 1.54) is 23.6 Å². The summed E-state index contributed by atoms with van der Waals surface area (Å²) in [7, 11) is 0. The summed E-state index contributed by atoms with van der Waals surface area (Å²) >= 11 is 1.52. The van der Waals surface area contributed by atoms with Crippen LogP contribution in [0.1, 0.15) is 38.0 Å². The van der Waals surface area contributed by atoms with Gasteiger partial charge < -0.3 is 5.73 Å². The summed E-state index contributed by atoms with van der Waals surface area (Å²) in [5.41, 5.74) is 8.06. The van der Waals surface area contributed by atoms with E-state index in [1.807, 2.05) is 19.1 Å². The molecule has 2 N–H and O–H groups in total. The smallest absolute Gasteiger partial charge is 0.366 e. The zero-order chi connectivity index (χ0) is 25.6.